The van der Waals surface area contributed by atoms with Crippen LogP contribution >= 0.6 is 0 Å². The monoisotopic (exact) mass is 278 g/mol. The topological polar surface area (TPSA) is 73.7 Å². The lowest BCUT2D eigenvalue weighted by atomic mass is 9.90. The second kappa shape index (κ2) is 5.40. The van der Waals surface area contributed by atoms with Gasteiger partial charge in [-0.25, -0.2) is 9.78 Å². The molecule has 1 fully saturated rings. The van der Waals surface area contributed by atoms with Crippen LogP contribution in [0.25, 0.3) is 0 Å². The molecule has 2 rings (SSSR count). The van der Waals surface area contributed by atoms with Crippen molar-refractivity contribution in [2.45, 2.75) is 45.1 Å². The van der Waals surface area contributed by atoms with Gasteiger partial charge in [0, 0.05) is 24.2 Å². The van der Waals surface area contributed by atoms with Gasteiger partial charge in [0.15, 0.2) is 0 Å². The van der Waals surface area contributed by atoms with Crippen LogP contribution in [0.15, 0.2) is 12.1 Å². The van der Waals surface area contributed by atoms with E-state index in [-0.39, 0.29) is 17.1 Å². The summed E-state index contributed by atoms with van der Waals surface area (Å²) in [7, 11) is 0. The number of aromatic nitrogens is 1. The molecule has 1 aromatic rings. The Hall–Kier alpha value is -1.62. The van der Waals surface area contributed by atoms with E-state index in [2.05, 4.69) is 4.98 Å². The molecule has 0 aliphatic carbocycles. The van der Waals surface area contributed by atoms with Crippen molar-refractivity contribution in [3.8, 4) is 0 Å². The molecule has 1 aliphatic heterocycles. The van der Waals surface area contributed by atoms with Gasteiger partial charge in [-0.05, 0) is 25.0 Å². The third-order valence-corrected chi connectivity index (χ3v) is 3.55. The molecule has 0 spiro atoms. The summed E-state index contributed by atoms with van der Waals surface area (Å²) in [4.78, 5) is 17.8. The summed E-state index contributed by atoms with van der Waals surface area (Å²) in [5.41, 5.74) is 0.793. The highest BCUT2D eigenvalue weighted by atomic mass is 16.4. The first-order valence-corrected chi connectivity index (χ1v) is 6.96. The van der Waals surface area contributed by atoms with Gasteiger partial charge in [-0.1, -0.05) is 20.8 Å². The molecule has 1 saturated heterocycles. The van der Waals surface area contributed by atoms with Gasteiger partial charge in [-0.3, -0.25) is 0 Å². The van der Waals surface area contributed by atoms with Crippen molar-refractivity contribution in [2.75, 3.05) is 18.0 Å². The fraction of sp³-hybridized carbons (Fsp3) is 0.600. The third kappa shape index (κ3) is 3.28. The molecule has 2 N–H and O–H groups in total. The van der Waals surface area contributed by atoms with Crippen molar-refractivity contribution < 1.29 is 15.0 Å². The summed E-state index contributed by atoms with van der Waals surface area (Å²) in [5.74, 6) is -0.301. The Bertz CT molecular complexity index is 508. The van der Waals surface area contributed by atoms with Crippen LogP contribution in [0.5, 0.6) is 0 Å². The van der Waals surface area contributed by atoms with Crippen LogP contribution in [0.3, 0.4) is 0 Å². The van der Waals surface area contributed by atoms with Crippen molar-refractivity contribution in [3.05, 3.63) is 23.4 Å². The zero-order chi connectivity index (χ0) is 14.9. The van der Waals surface area contributed by atoms with Gasteiger partial charge in [-0.2, -0.15) is 0 Å². The Morgan fingerprint density at radius 3 is 2.65 bits per heavy atom. The van der Waals surface area contributed by atoms with Crippen LogP contribution < -0.4 is 4.90 Å². The molecule has 110 valence electrons. The maximum absolute atomic E-state index is 11.3. The number of carboxylic acid groups (broad SMARTS) is 1. The molecule has 2 heterocycles. The number of β-amino-alcohol motifs (C(OH)–C–C–N with tert-alkyl or cyclic N) is 1. The number of hydrogen-bond acceptors (Lipinski definition) is 4. The Morgan fingerprint density at radius 1 is 1.40 bits per heavy atom. The highest BCUT2D eigenvalue weighted by Crippen LogP contribution is 2.26. The van der Waals surface area contributed by atoms with Crippen molar-refractivity contribution >= 4 is 11.8 Å². The minimum atomic E-state index is -0.947. The number of carboxylic acids is 1. The van der Waals surface area contributed by atoms with Crippen molar-refractivity contribution in [3.63, 3.8) is 0 Å². The zero-order valence-electron chi connectivity index (χ0n) is 12.3. The van der Waals surface area contributed by atoms with E-state index < -0.39 is 5.97 Å². The average molecular weight is 278 g/mol. The number of rotatable bonds is 2. The number of pyridine rings is 1. The van der Waals surface area contributed by atoms with Gasteiger partial charge in [0.05, 0.1) is 11.7 Å². The first-order valence-electron chi connectivity index (χ1n) is 6.96. The van der Waals surface area contributed by atoms with Gasteiger partial charge in [0.2, 0.25) is 0 Å². The Morgan fingerprint density at radius 2 is 2.10 bits per heavy atom. The molecule has 1 aliphatic rings. The third-order valence-electron chi connectivity index (χ3n) is 3.55. The molecule has 0 saturated carbocycles. The predicted octanol–water partition coefficient (Wildman–Crippen LogP) is 2.04. The number of piperidine rings is 1. The molecule has 0 amide bonds. The van der Waals surface area contributed by atoms with E-state index in [1.54, 1.807) is 12.1 Å². The first-order chi connectivity index (χ1) is 9.27. The summed E-state index contributed by atoms with van der Waals surface area (Å²) in [6, 6.07) is 3.22. The molecular formula is C15H22N2O3. The molecule has 0 aromatic carbocycles. The van der Waals surface area contributed by atoms with E-state index in [0.717, 1.165) is 25.1 Å². The molecule has 20 heavy (non-hydrogen) atoms. The number of hydrogen-bond donors (Lipinski definition) is 2. The lowest BCUT2D eigenvalue weighted by molar-refractivity contribution is 0.0696. The lowest BCUT2D eigenvalue weighted by Gasteiger charge is -2.32. The van der Waals surface area contributed by atoms with Crippen molar-refractivity contribution in [2.24, 2.45) is 0 Å². The molecule has 1 atom stereocenters. The fourth-order valence-corrected chi connectivity index (χ4v) is 2.35. The van der Waals surface area contributed by atoms with Gasteiger partial charge in [0.1, 0.15) is 5.82 Å². The van der Waals surface area contributed by atoms with Crippen LogP contribution in [0, 0.1) is 0 Å². The number of anilines is 1. The highest BCUT2D eigenvalue weighted by Gasteiger charge is 2.23. The predicted molar refractivity (Wildman–Crippen MR) is 77.4 cm³/mol. The van der Waals surface area contributed by atoms with E-state index in [0.29, 0.717) is 12.4 Å². The SMILES string of the molecule is CC(C)(C)c1cc(C(=O)O)cc(N2CCCC(O)C2)n1. The van der Waals surface area contributed by atoms with E-state index in [4.69, 9.17) is 0 Å². The van der Waals surface area contributed by atoms with Crippen LogP contribution in [0.2, 0.25) is 0 Å². The normalized spacial score (nSPS) is 20.0. The lowest BCUT2D eigenvalue weighted by Crippen LogP contribution is -2.39. The minimum Gasteiger partial charge on any atom is -0.478 e. The number of nitrogens with zero attached hydrogens (tertiary/aromatic N) is 2. The summed E-state index contributed by atoms with van der Waals surface area (Å²) in [6.07, 6.45) is 1.32. The highest BCUT2D eigenvalue weighted by molar-refractivity contribution is 5.88. The largest absolute Gasteiger partial charge is 0.478 e. The van der Waals surface area contributed by atoms with Gasteiger partial charge >= 0.3 is 5.97 Å². The second-order valence-electron chi connectivity index (χ2n) is 6.40. The zero-order valence-corrected chi connectivity index (χ0v) is 12.3. The number of aliphatic hydroxyl groups is 1. The van der Waals surface area contributed by atoms with E-state index in [1.165, 1.54) is 0 Å². The summed E-state index contributed by atoms with van der Waals surface area (Å²) in [5, 5.41) is 19.0. The Kier molecular flexibility index (Phi) is 3.99. The van der Waals surface area contributed by atoms with Crippen LogP contribution in [-0.4, -0.2) is 40.4 Å². The maximum Gasteiger partial charge on any atom is 0.335 e. The summed E-state index contributed by atoms with van der Waals surface area (Å²) in [6.45, 7) is 7.34. The standard InChI is InChI=1S/C15H22N2O3/c1-15(2,3)12-7-10(14(19)20)8-13(16-12)17-6-4-5-11(18)9-17/h7-8,11,18H,4-6,9H2,1-3H3,(H,19,20). The summed E-state index contributed by atoms with van der Waals surface area (Å²) < 4.78 is 0. The van der Waals surface area contributed by atoms with E-state index in [1.807, 2.05) is 25.7 Å². The van der Waals surface area contributed by atoms with Crippen LogP contribution in [0.4, 0.5) is 5.82 Å². The molecule has 0 radical (unpaired) electrons. The number of aromatic carboxylic acids is 1. The number of carbonyl (C=O) groups is 1. The molecular weight excluding hydrogens is 256 g/mol. The second-order valence-corrected chi connectivity index (χ2v) is 6.40. The summed E-state index contributed by atoms with van der Waals surface area (Å²) >= 11 is 0. The van der Waals surface area contributed by atoms with Crippen molar-refractivity contribution in [1.29, 1.82) is 0 Å². The van der Waals surface area contributed by atoms with Gasteiger partial charge < -0.3 is 15.1 Å². The number of aliphatic hydroxyl groups excluding tert-OH is 1. The van der Waals surface area contributed by atoms with E-state index in [9.17, 15) is 15.0 Å². The maximum atomic E-state index is 11.3. The molecule has 1 unspecified atom stereocenters. The Balaban J connectivity index is 2.41. The minimum absolute atomic E-state index is 0.214. The molecule has 5 heteroatoms. The molecule has 5 nitrogen and oxygen atoms in total. The van der Waals surface area contributed by atoms with Crippen LogP contribution in [-0.2, 0) is 5.41 Å². The van der Waals surface area contributed by atoms with Gasteiger partial charge in [-0.15, -0.1) is 0 Å². The fourth-order valence-electron chi connectivity index (χ4n) is 2.35. The Labute approximate surface area is 119 Å². The first kappa shape index (κ1) is 14.8. The molecule has 0 bridgehead atoms. The van der Waals surface area contributed by atoms with Crippen molar-refractivity contribution in [1.82, 2.24) is 4.98 Å². The van der Waals surface area contributed by atoms with Crippen LogP contribution in [0.1, 0.15) is 49.7 Å². The quantitative estimate of drug-likeness (QED) is 0.866. The average Bonchev–Trinajstić information content (AvgIpc) is 2.37. The smallest absolute Gasteiger partial charge is 0.335 e. The van der Waals surface area contributed by atoms with Gasteiger partial charge in [0.25, 0.3) is 0 Å². The molecule has 1 aromatic heterocycles. The van der Waals surface area contributed by atoms with E-state index >= 15 is 0 Å².